The molecule has 0 atom stereocenters. The minimum Gasteiger partial charge on any atom is -0.376 e. The van der Waals surface area contributed by atoms with Gasteiger partial charge in [0.25, 0.3) is 0 Å². The van der Waals surface area contributed by atoms with Crippen molar-refractivity contribution < 1.29 is 4.79 Å². The molecule has 116 valence electrons. The Balaban J connectivity index is 1.63. The van der Waals surface area contributed by atoms with Crippen LogP contribution in [0.5, 0.6) is 0 Å². The Morgan fingerprint density at radius 2 is 1.52 bits per heavy atom. The number of hydrogen-bond donors (Lipinski definition) is 2. The fourth-order valence-corrected chi connectivity index (χ4v) is 2.84. The molecule has 0 radical (unpaired) electrons. The Morgan fingerprint density at radius 3 is 2.26 bits per heavy atom. The highest BCUT2D eigenvalue weighted by Gasteiger charge is 2.05. The topological polar surface area (TPSA) is 41.1 Å². The molecule has 3 nitrogen and oxygen atoms in total. The van der Waals surface area contributed by atoms with Crippen LogP contribution in [0, 0.1) is 0 Å². The molecule has 0 saturated heterocycles. The molecule has 5 heteroatoms. The van der Waals surface area contributed by atoms with Gasteiger partial charge in [0.15, 0.2) is 0 Å². The van der Waals surface area contributed by atoms with Gasteiger partial charge in [0.1, 0.15) is 0 Å². The summed E-state index contributed by atoms with van der Waals surface area (Å²) in [4.78, 5) is 12.0. The summed E-state index contributed by atoms with van der Waals surface area (Å²) in [5.74, 6) is -0.170. The lowest BCUT2D eigenvalue weighted by Crippen LogP contribution is -2.21. The second-order valence-corrected chi connectivity index (χ2v) is 5.99. The van der Waals surface area contributed by atoms with Gasteiger partial charge in [0.2, 0.25) is 5.91 Å². The molecule has 1 amide bonds. The first-order chi connectivity index (χ1) is 11.1. The van der Waals surface area contributed by atoms with Crippen molar-refractivity contribution in [3.05, 3.63) is 70.7 Å². The predicted octanol–water partition coefficient (Wildman–Crippen LogP) is 5.20. The van der Waals surface area contributed by atoms with Crippen molar-refractivity contribution in [2.24, 2.45) is 0 Å². The fraction of sp³-hybridized carbons (Fsp3) is 0.0556. The third-order valence-electron chi connectivity index (χ3n) is 3.35. The Hall–Kier alpha value is -2.23. The summed E-state index contributed by atoms with van der Waals surface area (Å²) in [5.41, 5.74) is 1.47. The van der Waals surface area contributed by atoms with Crippen LogP contribution < -0.4 is 10.6 Å². The Kier molecular flexibility index (Phi) is 4.70. The maximum atomic E-state index is 12.0. The van der Waals surface area contributed by atoms with Crippen molar-refractivity contribution in [1.82, 2.24) is 0 Å². The third-order valence-corrected chi connectivity index (χ3v) is 3.79. The first-order valence-corrected chi connectivity index (χ1v) is 7.84. The molecule has 3 aromatic carbocycles. The van der Waals surface area contributed by atoms with Crippen LogP contribution in [0.1, 0.15) is 0 Å². The summed E-state index contributed by atoms with van der Waals surface area (Å²) in [5, 5.41) is 9.12. The molecule has 0 fully saturated rings. The summed E-state index contributed by atoms with van der Waals surface area (Å²) in [6.45, 7) is 0.155. The van der Waals surface area contributed by atoms with Crippen molar-refractivity contribution >= 4 is 51.3 Å². The van der Waals surface area contributed by atoms with Gasteiger partial charge in [-0.3, -0.25) is 4.79 Å². The monoisotopic (exact) mass is 344 g/mol. The normalized spacial score (nSPS) is 10.5. The van der Waals surface area contributed by atoms with Crippen LogP contribution in [0.25, 0.3) is 10.8 Å². The minimum absolute atomic E-state index is 0.155. The number of anilines is 2. The molecule has 0 bridgehead atoms. The maximum Gasteiger partial charge on any atom is 0.243 e. The van der Waals surface area contributed by atoms with E-state index in [-0.39, 0.29) is 12.5 Å². The van der Waals surface area contributed by atoms with Gasteiger partial charge in [-0.15, -0.1) is 0 Å². The minimum atomic E-state index is -0.170. The van der Waals surface area contributed by atoms with Gasteiger partial charge in [0.05, 0.1) is 6.54 Å². The molecule has 0 heterocycles. The summed E-state index contributed by atoms with van der Waals surface area (Å²) in [6, 6.07) is 19.0. The zero-order valence-electron chi connectivity index (χ0n) is 12.1. The van der Waals surface area contributed by atoms with Crippen molar-refractivity contribution in [3.63, 3.8) is 0 Å². The quantitative estimate of drug-likeness (QED) is 0.683. The van der Waals surface area contributed by atoms with Gasteiger partial charge in [-0.25, -0.2) is 0 Å². The van der Waals surface area contributed by atoms with Gasteiger partial charge < -0.3 is 10.6 Å². The molecule has 23 heavy (non-hydrogen) atoms. The molecule has 0 aliphatic rings. The molecular weight excluding hydrogens is 331 g/mol. The van der Waals surface area contributed by atoms with E-state index in [1.54, 1.807) is 18.2 Å². The second-order valence-electron chi connectivity index (χ2n) is 5.12. The largest absolute Gasteiger partial charge is 0.376 e. The molecule has 3 aromatic rings. The van der Waals surface area contributed by atoms with Gasteiger partial charge in [0, 0.05) is 21.4 Å². The predicted molar refractivity (Wildman–Crippen MR) is 97.5 cm³/mol. The van der Waals surface area contributed by atoms with E-state index < -0.39 is 0 Å². The van der Waals surface area contributed by atoms with Crippen LogP contribution in [0.4, 0.5) is 11.4 Å². The highest BCUT2D eigenvalue weighted by atomic mass is 35.5. The summed E-state index contributed by atoms with van der Waals surface area (Å²) < 4.78 is 0. The number of rotatable bonds is 4. The highest BCUT2D eigenvalue weighted by Crippen LogP contribution is 2.22. The molecule has 0 saturated carbocycles. The van der Waals surface area contributed by atoms with Crippen LogP contribution >= 0.6 is 23.2 Å². The Morgan fingerprint density at radius 1 is 0.826 bits per heavy atom. The molecular formula is C18H14Cl2N2O. The van der Waals surface area contributed by atoms with Gasteiger partial charge in [-0.05, 0) is 41.1 Å². The Bertz CT molecular complexity index is 844. The third kappa shape index (κ3) is 4.15. The number of carbonyl (C=O) groups excluding carboxylic acids is 1. The van der Waals surface area contributed by atoms with Crippen molar-refractivity contribution in [1.29, 1.82) is 0 Å². The number of benzene rings is 3. The molecule has 0 spiro atoms. The Labute approximate surface area is 144 Å². The van der Waals surface area contributed by atoms with E-state index in [1.165, 1.54) is 0 Å². The van der Waals surface area contributed by atoms with Gasteiger partial charge in [-0.1, -0.05) is 53.5 Å². The first kappa shape index (κ1) is 15.7. The lowest BCUT2D eigenvalue weighted by atomic mass is 10.1. The molecule has 0 unspecified atom stereocenters. The van der Waals surface area contributed by atoms with Gasteiger partial charge in [-0.2, -0.15) is 0 Å². The van der Waals surface area contributed by atoms with Gasteiger partial charge >= 0.3 is 0 Å². The lowest BCUT2D eigenvalue weighted by Gasteiger charge is -2.09. The fourth-order valence-electron chi connectivity index (χ4n) is 2.31. The summed E-state index contributed by atoms with van der Waals surface area (Å²) in [6.07, 6.45) is 0. The SMILES string of the molecule is O=C(CNc1ccc2ccccc2c1)Nc1cc(Cl)cc(Cl)c1. The molecule has 3 rings (SSSR count). The standard InChI is InChI=1S/C18H14Cl2N2O/c19-14-8-15(20)10-17(9-14)22-18(23)11-21-16-6-5-12-3-1-2-4-13(12)7-16/h1-10,21H,11H2,(H,22,23). The zero-order valence-corrected chi connectivity index (χ0v) is 13.7. The van der Waals surface area contributed by atoms with Crippen LogP contribution in [-0.2, 0) is 4.79 Å². The zero-order chi connectivity index (χ0) is 16.2. The molecule has 0 aliphatic carbocycles. The van der Waals surface area contributed by atoms with Crippen LogP contribution in [0.15, 0.2) is 60.7 Å². The van der Waals surface area contributed by atoms with E-state index in [4.69, 9.17) is 23.2 Å². The number of halogens is 2. The smallest absolute Gasteiger partial charge is 0.243 e. The van der Waals surface area contributed by atoms with Crippen molar-refractivity contribution in [3.8, 4) is 0 Å². The maximum absolute atomic E-state index is 12.0. The number of nitrogens with one attached hydrogen (secondary N) is 2. The lowest BCUT2D eigenvalue weighted by molar-refractivity contribution is -0.114. The van der Waals surface area contributed by atoms with Crippen molar-refractivity contribution in [2.45, 2.75) is 0 Å². The van der Waals surface area contributed by atoms with E-state index in [2.05, 4.69) is 16.7 Å². The number of amides is 1. The second kappa shape index (κ2) is 6.90. The first-order valence-electron chi connectivity index (χ1n) is 7.09. The van der Waals surface area contributed by atoms with E-state index >= 15 is 0 Å². The van der Waals surface area contributed by atoms with Crippen LogP contribution in [0.2, 0.25) is 10.0 Å². The molecule has 2 N–H and O–H groups in total. The number of fused-ring (bicyclic) bond motifs is 1. The number of hydrogen-bond acceptors (Lipinski definition) is 2. The average molecular weight is 345 g/mol. The van der Waals surface area contributed by atoms with E-state index in [0.717, 1.165) is 16.5 Å². The molecule has 0 aromatic heterocycles. The summed E-state index contributed by atoms with van der Waals surface area (Å²) in [7, 11) is 0. The average Bonchev–Trinajstić information content (AvgIpc) is 2.52. The van der Waals surface area contributed by atoms with Crippen molar-refractivity contribution in [2.75, 3.05) is 17.2 Å². The number of carbonyl (C=O) groups is 1. The van der Waals surface area contributed by atoms with Crippen LogP contribution in [0.3, 0.4) is 0 Å². The highest BCUT2D eigenvalue weighted by molar-refractivity contribution is 6.35. The van der Waals surface area contributed by atoms with E-state index in [1.807, 2.05) is 36.4 Å². The van der Waals surface area contributed by atoms with E-state index in [0.29, 0.717) is 15.7 Å². The van der Waals surface area contributed by atoms with Crippen LogP contribution in [-0.4, -0.2) is 12.5 Å². The summed E-state index contributed by atoms with van der Waals surface area (Å²) >= 11 is 11.8. The molecule has 0 aliphatic heterocycles. The van der Waals surface area contributed by atoms with E-state index in [9.17, 15) is 4.79 Å².